The highest BCUT2D eigenvalue weighted by Crippen LogP contribution is 2.02. The third-order valence-electron chi connectivity index (χ3n) is 1.77. The van der Waals surface area contributed by atoms with Gasteiger partial charge in [0, 0.05) is 12.3 Å². The van der Waals surface area contributed by atoms with Gasteiger partial charge >= 0.3 is 0 Å². The van der Waals surface area contributed by atoms with Gasteiger partial charge in [0.2, 0.25) is 0 Å². The van der Waals surface area contributed by atoms with Crippen LogP contribution in [0.4, 0.5) is 0 Å². The number of hydrogen-bond acceptors (Lipinski definition) is 5. The number of carbonyl (C=O) groups is 1. The van der Waals surface area contributed by atoms with Crippen LogP contribution in [0.25, 0.3) is 0 Å². The van der Waals surface area contributed by atoms with Crippen molar-refractivity contribution in [2.45, 2.75) is 13.0 Å². The van der Waals surface area contributed by atoms with Gasteiger partial charge in [-0.15, -0.1) is 0 Å². The lowest BCUT2D eigenvalue weighted by Crippen LogP contribution is -2.37. The second-order valence-corrected chi connectivity index (χ2v) is 6.27. The Hall–Kier alpha value is -1.21. The van der Waals surface area contributed by atoms with E-state index in [4.69, 9.17) is 11.6 Å². The van der Waals surface area contributed by atoms with Crippen LogP contribution in [0.1, 0.15) is 17.4 Å². The number of hydrogen-bond donors (Lipinski definition) is 1. The van der Waals surface area contributed by atoms with Crippen LogP contribution in [0.2, 0.25) is 5.15 Å². The molecule has 1 unspecified atom stereocenters. The first-order chi connectivity index (χ1) is 7.78. The molecule has 1 atom stereocenters. The zero-order chi connectivity index (χ0) is 13.1. The van der Waals surface area contributed by atoms with Crippen LogP contribution in [0.15, 0.2) is 12.4 Å². The molecule has 1 amide bonds. The molecule has 94 valence electrons. The Labute approximate surface area is 104 Å². The molecule has 1 N–H and O–H groups in total. The Morgan fingerprint density at radius 3 is 2.71 bits per heavy atom. The van der Waals surface area contributed by atoms with E-state index >= 15 is 0 Å². The minimum absolute atomic E-state index is 0.0536. The topological polar surface area (TPSA) is 89.0 Å². The molecule has 1 aromatic rings. The fourth-order valence-corrected chi connectivity index (χ4v) is 2.38. The number of sulfone groups is 1. The lowest BCUT2D eigenvalue weighted by molar-refractivity contribution is 0.0938. The molecule has 0 fully saturated rings. The molecule has 17 heavy (non-hydrogen) atoms. The van der Waals surface area contributed by atoms with E-state index in [2.05, 4.69) is 15.3 Å². The van der Waals surface area contributed by atoms with Crippen molar-refractivity contribution in [1.29, 1.82) is 0 Å². The van der Waals surface area contributed by atoms with Crippen molar-refractivity contribution < 1.29 is 13.2 Å². The monoisotopic (exact) mass is 277 g/mol. The number of aromatic nitrogens is 2. The third-order valence-corrected chi connectivity index (χ3v) is 3.06. The highest BCUT2D eigenvalue weighted by Gasteiger charge is 2.15. The van der Waals surface area contributed by atoms with E-state index in [9.17, 15) is 13.2 Å². The number of nitrogens with one attached hydrogen (secondary N) is 1. The molecule has 0 spiro atoms. The van der Waals surface area contributed by atoms with E-state index in [1.807, 2.05) is 0 Å². The van der Waals surface area contributed by atoms with Crippen LogP contribution in [-0.4, -0.2) is 42.3 Å². The summed E-state index contributed by atoms with van der Waals surface area (Å²) in [6, 6.07) is -0.502. The fraction of sp³-hybridized carbons (Fsp3) is 0.444. The van der Waals surface area contributed by atoms with Crippen LogP contribution in [-0.2, 0) is 9.84 Å². The van der Waals surface area contributed by atoms with Crippen LogP contribution >= 0.6 is 11.6 Å². The maximum atomic E-state index is 11.6. The van der Waals surface area contributed by atoms with E-state index in [-0.39, 0.29) is 16.6 Å². The molecule has 1 aromatic heterocycles. The first-order valence-corrected chi connectivity index (χ1v) is 7.18. The quantitative estimate of drug-likeness (QED) is 0.855. The molecular weight excluding hydrogens is 266 g/mol. The summed E-state index contributed by atoms with van der Waals surface area (Å²) in [7, 11) is -3.14. The maximum Gasteiger partial charge on any atom is 0.271 e. The molecule has 1 rings (SSSR count). The summed E-state index contributed by atoms with van der Waals surface area (Å²) in [6.07, 6.45) is 3.67. The van der Waals surface area contributed by atoms with Gasteiger partial charge in [0.15, 0.2) is 0 Å². The predicted molar refractivity (Wildman–Crippen MR) is 63.7 cm³/mol. The number of rotatable bonds is 4. The standard InChI is InChI=1S/C9H12ClN3O3S/c1-6(5-17(2,15)16)12-9(14)7-3-11-4-8(10)13-7/h3-4,6H,5H2,1-2H3,(H,12,14). The lowest BCUT2D eigenvalue weighted by Gasteiger charge is -2.11. The van der Waals surface area contributed by atoms with Gasteiger partial charge < -0.3 is 5.32 Å². The van der Waals surface area contributed by atoms with Crippen molar-refractivity contribution in [3.05, 3.63) is 23.2 Å². The minimum Gasteiger partial charge on any atom is -0.347 e. The molecule has 0 saturated heterocycles. The molecule has 0 aliphatic heterocycles. The highest BCUT2D eigenvalue weighted by atomic mass is 35.5. The first-order valence-electron chi connectivity index (χ1n) is 4.74. The third kappa shape index (κ3) is 5.10. The predicted octanol–water partition coefficient (Wildman–Crippen LogP) is 0.293. The zero-order valence-electron chi connectivity index (χ0n) is 9.34. The minimum atomic E-state index is -3.14. The molecule has 0 aliphatic carbocycles. The molecule has 0 bridgehead atoms. The fourth-order valence-electron chi connectivity index (χ4n) is 1.25. The van der Waals surface area contributed by atoms with Gasteiger partial charge in [-0.3, -0.25) is 9.78 Å². The summed E-state index contributed by atoms with van der Waals surface area (Å²) in [6.45, 7) is 1.59. The first kappa shape index (κ1) is 13.9. The van der Waals surface area contributed by atoms with Gasteiger partial charge in [0.25, 0.3) is 5.91 Å². The number of halogens is 1. The molecule has 6 nitrogen and oxygen atoms in total. The summed E-state index contributed by atoms with van der Waals surface area (Å²) in [5.41, 5.74) is 0.0536. The Kier molecular flexibility index (Phi) is 4.41. The van der Waals surface area contributed by atoms with Crippen molar-refractivity contribution >= 4 is 27.3 Å². The summed E-state index contributed by atoms with van der Waals surface area (Å²) >= 11 is 5.58. The summed E-state index contributed by atoms with van der Waals surface area (Å²) in [5.74, 6) is -0.636. The van der Waals surface area contributed by atoms with Crippen LogP contribution in [0, 0.1) is 0 Å². The van der Waals surface area contributed by atoms with Crippen molar-refractivity contribution in [3.63, 3.8) is 0 Å². The van der Waals surface area contributed by atoms with Gasteiger partial charge in [0.05, 0.1) is 18.1 Å². The maximum absolute atomic E-state index is 11.6. The largest absolute Gasteiger partial charge is 0.347 e. The van der Waals surface area contributed by atoms with Gasteiger partial charge in [-0.05, 0) is 6.92 Å². The molecule has 0 aromatic carbocycles. The smallest absolute Gasteiger partial charge is 0.271 e. The number of carbonyl (C=O) groups excluding carboxylic acids is 1. The Morgan fingerprint density at radius 2 is 2.18 bits per heavy atom. The van der Waals surface area contributed by atoms with Gasteiger partial charge in [0.1, 0.15) is 20.7 Å². The van der Waals surface area contributed by atoms with Crippen molar-refractivity contribution in [2.24, 2.45) is 0 Å². The Balaban J connectivity index is 2.67. The van der Waals surface area contributed by atoms with Crippen LogP contribution in [0.3, 0.4) is 0 Å². The van der Waals surface area contributed by atoms with E-state index < -0.39 is 21.8 Å². The van der Waals surface area contributed by atoms with E-state index in [1.54, 1.807) is 6.92 Å². The van der Waals surface area contributed by atoms with Gasteiger partial charge in [-0.2, -0.15) is 0 Å². The Morgan fingerprint density at radius 1 is 1.53 bits per heavy atom. The second kappa shape index (κ2) is 5.42. The van der Waals surface area contributed by atoms with Crippen molar-refractivity contribution in [1.82, 2.24) is 15.3 Å². The molecule has 0 aliphatic rings. The average molecular weight is 278 g/mol. The van der Waals surface area contributed by atoms with E-state index in [1.165, 1.54) is 12.4 Å². The van der Waals surface area contributed by atoms with Gasteiger partial charge in [-0.25, -0.2) is 13.4 Å². The summed E-state index contributed by atoms with van der Waals surface area (Å²) < 4.78 is 22.0. The van der Waals surface area contributed by atoms with E-state index in [0.29, 0.717) is 0 Å². The number of amides is 1. The second-order valence-electron chi connectivity index (χ2n) is 3.69. The highest BCUT2D eigenvalue weighted by molar-refractivity contribution is 7.90. The summed E-state index contributed by atoms with van der Waals surface area (Å²) in [5, 5.41) is 2.61. The molecule has 1 heterocycles. The lowest BCUT2D eigenvalue weighted by atomic mass is 10.3. The van der Waals surface area contributed by atoms with E-state index in [0.717, 1.165) is 6.26 Å². The Bertz CT molecular complexity index is 518. The zero-order valence-corrected chi connectivity index (χ0v) is 10.9. The van der Waals surface area contributed by atoms with Gasteiger partial charge in [-0.1, -0.05) is 11.6 Å². The average Bonchev–Trinajstić information content (AvgIpc) is 2.14. The summed E-state index contributed by atoms with van der Waals surface area (Å²) in [4.78, 5) is 19.1. The SMILES string of the molecule is CC(CS(C)(=O)=O)NC(=O)c1cncc(Cl)n1. The molecule has 0 saturated carbocycles. The molecular formula is C9H12ClN3O3S. The van der Waals surface area contributed by atoms with Crippen LogP contribution in [0.5, 0.6) is 0 Å². The normalized spacial score (nSPS) is 13.1. The molecule has 0 radical (unpaired) electrons. The molecule has 8 heteroatoms. The van der Waals surface area contributed by atoms with Crippen LogP contribution < -0.4 is 5.32 Å². The van der Waals surface area contributed by atoms with Crippen molar-refractivity contribution in [3.8, 4) is 0 Å². The number of nitrogens with zero attached hydrogens (tertiary/aromatic N) is 2. The van der Waals surface area contributed by atoms with Crippen molar-refractivity contribution in [2.75, 3.05) is 12.0 Å².